The summed E-state index contributed by atoms with van der Waals surface area (Å²) >= 11 is 3.55. The maximum Gasteiger partial charge on any atom is 0.336 e. The van der Waals surface area contributed by atoms with Crippen LogP contribution >= 0.6 is 15.9 Å². The van der Waals surface area contributed by atoms with Crippen molar-refractivity contribution in [3.05, 3.63) is 51.2 Å². The zero-order chi connectivity index (χ0) is 25.2. The number of nitrogens with zero attached hydrogens (tertiary/aromatic N) is 4. The topological polar surface area (TPSA) is 89.1 Å². The largest absolute Gasteiger partial charge is 0.479 e. The van der Waals surface area contributed by atoms with Crippen molar-refractivity contribution in [2.75, 3.05) is 18.6 Å². The highest BCUT2D eigenvalue weighted by Crippen LogP contribution is 2.39. The molecule has 1 saturated heterocycles. The Hall–Kier alpha value is -2.91. The van der Waals surface area contributed by atoms with E-state index >= 15 is 0 Å². The van der Waals surface area contributed by atoms with Gasteiger partial charge in [-0.05, 0) is 66.0 Å². The fourth-order valence-electron chi connectivity index (χ4n) is 6.38. The Bertz CT molecular complexity index is 1570. The first kappa shape index (κ1) is 23.5. The van der Waals surface area contributed by atoms with Crippen molar-refractivity contribution in [2.45, 2.75) is 63.1 Å². The van der Waals surface area contributed by atoms with Gasteiger partial charge in [-0.3, -0.25) is 9.20 Å². The van der Waals surface area contributed by atoms with Crippen LogP contribution in [0.15, 0.2) is 45.7 Å². The van der Waals surface area contributed by atoms with E-state index in [1.807, 2.05) is 18.2 Å². The standard InChI is InChI=1S/C27H29BrN4O4/c1-16-15-27(36-2,25(34)35)12-13-30(16)18-10-11-20-22(14-18)31(17-6-3-4-7-17)26-29-24(33)23-19(28)8-5-9-21(23)32(20)26/h5,8-11,14,16-17H,3-4,6-7,12-13,15H2,1-2H3,(H,34,35). The lowest BCUT2D eigenvalue weighted by molar-refractivity contribution is -0.165. The van der Waals surface area contributed by atoms with Crippen LogP contribution in [0.1, 0.15) is 51.5 Å². The third-order valence-corrected chi connectivity index (χ3v) is 8.90. The molecule has 36 heavy (non-hydrogen) atoms. The van der Waals surface area contributed by atoms with Gasteiger partial charge in [-0.15, -0.1) is 0 Å². The lowest BCUT2D eigenvalue weighted by Crippen LogP contribution is -2.54. The highest BCUT2D eigenvalue weighted by Gasteiger charge is 2.45. The molecule has 0 amide bonds. The maximum absolute atomic E-state index is 13.1. The van der Waals surface area contributed by atoms with Gasteiger partial charge in [-0.2, -0.15) is 4.98 Å². The second-order valence-corrected chi connectivity index (χ2v) is 11.0. The first-order chi connectivity index (χ1) is 17.3. The van der Waals surface area contributed by atoms with E-state index < -0.39 is 11.6 Å². The number of piperidine rings is 1. The van der Waals surface area contributed by atoms with Crippen LogP contribution in [0.2, 0.25) is 0 Å². The molecule has 2 fully saturated rings. The molecule has 1 aliphatic heterocycles. The van der Waals surface area contributed by atoms with Gasteiger partial charge in [0.2, 0.25) is 5.78 Å². The highest BCUT2D eigenvalue weighted by molar-refractivity contribution is 9.10. The van der Waals surface area contributed by atoms with Gasteiger partial charge in [0, 0.05) is 48.7 Å². The fourth-order valence-corrected chi connectivity index (χ4v) is 6.90. The molecular formula is C27H29BrN4O4. The summed E-state index contributed by atoms with van der Waals surface area (Å²) < 4.78 is 10.6. The van der Waals surface area contributed by atoms with Crippen LogP contribution in [0, 0.1) is 0 Å². The maximum atomic E-state index is 13.1. The van der Waals surface area contributed by atoms with Crippen molar-refractivity contribution < 1.29 is 14.6 Å². The van der Waals surface area contributed by atoms with E-state index in [1.54, 1.807) is 0 Å². The number of carbonyl (C=O) groups is 1. The predicted molar refractivity (Wildman–Crippen MR) is 143 cm³/mol. The van der Waals surface area contributed by atoms with Gasteiger partial charge < -0.3 is 19.3 Å². The number of carboxylic acid groups (broad SMARTS) is 1. The van der Waals surface area contributed by atoms with Crippen LogP contribution in [-0.4, -0.2) is 50.3 Å². The Labute approximate surface area is 216 Å². The van der Waals surface area contributed by atoms with Gasteiger partial charge in [0.05, 0.1) is 21.9 Å². The van der Waals surface area contributed by atoms with Gasteiger partial charge in [-0.1, -0.05) is 18.9 Å². The molecule has 2 aromatic carbocycles. The van der Waals surface area contributed by atoms with E-state index in [9.17, 15) is 14.7 Å². The summed E-state index contributed by atoms with van der Waals surface area (Å²) in [6.45, 7) is 2.64. The normalized spacial score (nSPS) is 23.3. The summed E-state index contributed by atoms with van der Waals surface area (Å²) in [5.74, 6) is -0.220. The molecule has 0 radical (unpaired) electrons. The van der Waals surface area contributed by atoms with E-state index in [-0.39, 0.29) is 17.6 Å². The summed E-state index contributed by atoms with van der Waals surface area (Å²) in [7, 11) is 1.49. The van der Waals surface area contributed by atoms with Crippen LogP contribution < -0.4 is 10.5 Å². The van der Waals surface area contributed by atoms with Crippen LogP contribution in [0.25, 0.3) is 27.7 Å². The Balaban J connectivity index is 1.56. The average Bonchev–Trinajstić information content (AvgIpc) is 3.49. The van der Waals surface area contributed by atoms with E-state index in [4.69, 9.17) is 4.74 Å². The average molecular weight is 553 g/mol. The Morgan fingerprint density at radius 1 is 1.17 bits per heavy atom. The summed E-state index contributed by atoms with van der Waals surface area (Å²) in [5.41, 5.74) is 2.57. The number of imidazole rings is 1. The minimum atomic E-state index is -1.14. The smallest absolute Gasteiger partial charge is 0.336 e. The molecule has 6 rings (SSSR count). The predicted octanol–water partition coefficient (Wildman–Crippen LogP) is 5.14. The van der Waals surface area contributed by atoms with Crippen molar-refractivity contribution >= 4 is 55.3 Å². The van der Waals surface area contributed by atoms with Gasteiger partial charge in [-0.25, -0.2) is 4.79 Å². The fraction of sp³-hybridized carbons (Fsp3) is 0.444. The molecule has 188 valence electrons. The second kappa shape index (κ2) is 8.59. The molecule has 2 unspecified atom stereocenters. The van der Waals surface area contributed by atoms with E-state index in [0.29, 0.717) is 30.6 Å². The number of hydrogen-bond donors (Lipinski definition) is 1. The number of ether oxygens (including phenoxy) is 1. The van der Waals surface area contributed by atoms with E-state index in [2.05, 4.69) is 59.9 Å². The molecule has 1 saturated carbocycles. The summed E-state index contributed by atoms with van der Waals surface area (Å²) in [5, 5.41) is 10.4. The van der Waals surface area contributed by atoms with E-state index in [0.717, 1.165) is 52.4 Å². The Kier molecular flexibility index (Phi) is 5.60. The van der Waals surface area contributed by atoms with Crippen LogP contribution in [0.5, 0.6) is 0 Å². The van der Waals surface area contributed by atoms with Crippen molar-refractivity contribution in [1.29, 1.82) is 0 Å². The van der Waals surface area contributed by atoms with Gasteiger partial charge >= 0.3 is 5.97 Å². The van der Waals surface area contributed by atoms with Crippen molar-refractivity contribution in [1.82, 2.24) is 14.0 Å². The van der Waals surface area contributed by atoms with Crippen LogP contribution in [0.4, 0.5) is 5.69 Å². The SMILES string of the molecule is COC1(C(=O)O)CCN(c2ccc3c(c2)n(C2CCCC2)c2nc(=O)c4c(Br)cccc4n32)C(C)C1. The van der Waals surface area contributed by atoms with Crippen molar-refractivity contribution in [3.63, 3.8) is 0 Å². The van der Waals surface area contributed by atoms with Crippen LogP contribution in [-0.2, 0) is 9.53 Å². The van der Waals surface area contributed by atoms with Gasteiger partial charge in [0.25, 0.3) is 5.56 Å². The molecule has 0 bridgehead atoms. The molecule has 3 heterocycles. The van der Waals surface area contributed by atoms with Crippen molar-refractivity contribution in [3.8, 4) is 0 Å². The minimum absolute atomic E-state index is 0.00707. The zero-order valence-corrected chi connectivity index (χ0v) is 22.0. The molecule has 9 heteroatoms. The third kappa shape index (κ3) is 3.39. The summed E-state index contributed by atoms with van der Waals surface area (Å²) in [4.78, 5) is 31.9. The van der Waals surface area contributed by atoms with Gasteiger partial charge in [0.15, 0.2) is 5.60 Å². The van der Waals surface area contributed by atoms with E-state index in [1.165, 1.54) is 7.11 Å². The zero-order valence-electron chi connectivity index (χ0n) is 20.4. The monoisotopic (exact) mass is 552 g/mol. The quantitative estimate of drug-likeness (QED) is 0.377. The number of halogens is 1. The first-order valence-electron chi connectivity index (χ1n) is 12.5. The molecule has 2 aromatic heterocycles. The summed E-state index contributed by atoms with van der Waals surface area (Å²) in [6, 6.07) is 12.5. The number of carboxylic acids is 1. The molecule has 1 N–H and O–H groups in total. The number of fused-ring (bicyclic) bond motifs is 5. The number of anilines is 1. The number of rotatable bonds is 4. The number of aliphatic carboxylic acids is 1. The first-order valence-corrected chi connectivity index (χ1v) is 13.3. The molecule has 1 aliphatic carbocycles. The van der Waals surface area contributed by atoms with Crippen LogP contribution in [0.3, 0.4) is 0 Å². The number of benzene rings is 2. The Morgan fingerprint density at radius 3 is 2.64 bits per heavy atom. The second-order valence-electron chi connectivity index (χ2n) is 10.2. The third-order valence-electron chi connectivity index (χ3n) is 8.24. The Morgan fingerprint density at radius 2 is 1.94 bits per heavy atom. The molecule has 8 nitrogen and oxygen atoms in total. The molecule has 2 aliphatic rings. The molecular weight excluding hydrogens is 524 g/mol. The summed E-state index contributed by atoms with van der Waals surface area (Å²) in [6.07, 6.45) is 5.28. The minimum Gasteiger partial charge on any atom is -0.479 e. The lowest BCUT2D eigenvalue weighted by atomic mass is 9.86. The number of methoxy groups -OCH3 is 1. The number of aromatic nitrogens is 3. The number of hydrogen-bond acceptors (Lipinski definition) is 5. The van der Waals surface area contributed by atoms with Gasteiger partial charge in [0.1, 0.15) is 0 Å². The molecule has 2 atom stereocenters. The molecule has 4 aromatic rings. The molecule has 0 spiro atoms. The van der Waals surface area contributed by atoms with Crippen molar-refractivity contribution in [2.24, 2.45) is 0 Å². The lowest BCUT2D eigenvalue weighted by Gasteiger charge is -2.43. The highest BCUT2D eigenvalue weighted by atomic mass is 79.9.